The van der Waals surface area contributed by atoms with E-state index < -0.39 is 12.5 Å². The van der Waals surface area contributed by atoms with Gasteiger partial charge in [0.2, 0.25) is 0 Å². The van der Waals surface area contributed by atoms with Crippen molar-refractivity contribution in [1.29, 1.82) is 0 Å². The molecule has 12 heavy (non-hydrogen) atoms. The zero-order valence-electron chi connectivity index (χ0n) is 6.66. The van der Waals surface area contributed by atoms with Gasteiger partial charge in [0.05, 0.1) is 6.10 Å². The van der Waals surface area contributed by atoms with E-state index >= 15 is 0 Å². The van der Waals surface area contributed by atoms with Crippen molar-refractivity contribution < 1.29 is 17.9 Å². The van der Waals surface area contributed by atoms with Crippen molar-refractivity contribution in [2.24, 2.45) is 0 Å². The van der Waals surface area contributed by atoms with E-state index in [9.17, 15) is 13.2 Å². The molecular formula is C8H11F3O. The number of hydrogen-bond acceptors (Lipinski definition) is 1. The summed E-state index contributed by atoms with van der Waals surface area (Å²) in [7, 11) is 0. The van der Waals surface area contributed by atoms with Crippen LogP contribution in [0.1, 0.15) is 25.7 Å². The maximum atomic E-state index is 11.7. The Kier molecular flexibility index (Phi) is 2.77. The molecule has 1 rings (SSSR count). The number of halogens is 3. The molecule has 0 bridgehead atoms. The lowest BCUT2D eigenvalue weighted by molar-refractivity contribution is -0.343. The van der Waals surface area contributed by atoms with Gasteiger partial charge in [0.15, 0.2) is 0 Å². The molecule has 0 N–H and O–H groups in total. The third kappa shape index (κ3) is 3.26. The second-order valence-corrected chi connectivity index (χ2v) is 3.03. The Morgan fingerprint density at radius 2 is 2.08 bits per heavy atom. The van der Waals surface area contributed by atoms with Gasteiger partial charge < -0.3 is 0 Å². The minimum atomic E-state index is -4.50. The summed E-state index contributed by atoms with van der Waals surface area (Å²) in [4.78, 5) is 0. The van der Waals surface area contributed by atoms with E-state index in [4.69, 9.17) is 0 Å². The van der Waals surface area contributed by atoms with Crippen LogP contribution in [-0.4, -0.2) is 12.5 Å². The van der Waals surface area contributed by atoms with Gasteiger partial charge in [-0.25, -0.2) is 0 Å². The molecule has 0 aromatic rings. The Morgan fingerprint density at radius 1 is 1.42 bits per heavy atom. The molecule has 1 aliphatic carbocycles. The van der Waals surface area contributed by atoms with Crippen molar-refractivity contribution >= 4 is 0 Å². The highest BCUT2D eigenvalue weighted by Gasteiger charge is 2.34. The normalized spacial score (nSPS) is 25.9. The molecule has 1 atom stereocenters. The fourth-order valence-corrected chi connectivity index (χ4v) is 1.40. The summed E-state index contributed by atoms with van der Waals surface area (Å²) in [6.45, 7) is 3.65. The molecule has 0 amide bonds. The van der Waals surface area contributed by atoms with Crippen LogP contribution in [-0.2, 0) is 4.74 Å². The van der Waals surface area contributed by atoms with Crippen molar-refractivity contribution in [3.8, 4) is 0 Å². The maximum Gasteiger partial charge on any atom is 0.522 e. The van der Waals surface area contributed by atoms with Crippen molar-refractivity contribution in [1.82, 2.24) is 0 Å². The van der Waals surface area contributed by atoms with Gasteiger partial charge in [-0.05, 0) is 25.7 Å². The highest BCUT2D eigenvalue weighted by molar-refractivity contribution is 4.99. The summed E-state index contributed by atoms with van der Waals surface area (Å²) in [6, 6.07) is 0. The van der Waals surface area contributed by atoms with Crippen molar-refractivity contribution in [3.63, 3.8) is 0 Å². The van der Waals surface area contributed by atoms with Crippen LogP contribution in [0.25, 0.3) is 0 Å². The molecule has 0 radical (unpaired) electrons. The fourth-order valence-electron chi connectivity index (χ4n) is 1.40. The van der Waals surface area contributed by atoms with Gasteiger partial charge in [-0.15, -0.1) is 13.2 Å². The summed E-state index contributed by atoms with van der Waals surface area (Å²) in [5, 5.41) is 0. The van der Waals surface area contributed by atoms with E-state index in [0.717, 1.165) is 18.4 Å². The van der Waals surface area contributed by atoms with Gasteiger partial charge in [-0.1, -0.05) is 12.2 Å². The molecule has 0 heterocycles. The zero-order chi connectivity index (χ0) is 9.19. The average molecular weight is 180 g/mol. The highest BCUT2D eigenvalue weighted by Crippen LogP contribution is 2.29. The lowest BCUT2D eigenvalue weighted by atomic mass is 9.94. The minimum absolute atomic E-state index is 0.347. The molecule has 0 aromatic heterocycles. The molecule has 1 unspecified atom stereocenters. The first-order chi connectivity index (χ1) is 5.47. The monoisotopic (exact) mass is 180 g/mol. The predicted octanol–water partition coefficient (Wildman–Crippen LogP) is 3.02. The van der Waals surface area contributed by atoms with Gasteiger partial charge in [0.25, 0.3) is 0 Å². The molecule has 0 aromatic carbocycles. The third-order valence-electron chi connectivity index (χ3n) is 1.87. The molecule has 70 valence electrons. The molecule has 1 aliphatic rings. The van der Waals surface area contributed by atoms with Crippen LogP contribution in [0.4, 0.5) is 13.2 Å². The minimum Gasteiger partial charge on any atom is -0.288 e. The van der Waals surface area contributed by atoms with Gasteiger partial charge in [-0.2, -0.15) is 0 Å². The first-order valence-corrected chi connectivity index (χ1v) is 3.88. The second kappa shape index (κ2) is 3.47. The van der Waals surface area contributed by atoms with Gasteiger partial charge in [0, 0.05) is 0 Å². The quantitative estimate of drug-likeness (QED) is 0.563. The lowest BCUT2D eigenvalue weighted by Gasteiger charge is -2.24. The Hall–Kier alpha value is -0.510. The van der Waals surface area contributed by atoms with Crippen LogP contribution < -0.4 is 0 Å². The van der Waals surface area contributed by atoms with E-state index in [2.05, 4.69) is 11.3 Å². The van der Waals surface area contributed by atoms with Crippen molar-refractivity contribution in [2.45, 2.75) is 38.1 Å². The summed E-state index contributed by atoms with van der Waals surface area (Å²) < 4.78 is 39.0. The van der Waals surface area contributed by atoms with Gasteiger partial charge >= 0.3 is 6.36 Å². The fraction of sp³-hybridized carbons (Fsp3) is 0.750. The summed E-state index contributed by atoms with van der Waals surface area (Å²) in [6.07, 6.45) is -2.79. The summed E-state index contributed by atoms with van der Waals surface area (Å²) in [5.41, 5.74) is 0.857. The molecule has 0 aliphatic heterocycles. The van der Waals surface area contributed by atoms with Gasteiger partial charge in [0.1, 0.15) is 0 Å². The number of hydrogen-bond donors (Lipinski definition) is 0. The van der Waals surface area contributed by atoms with Crippen LogP contribution >= 0.6 is 0 Å². The zero-order valence-corrected chi connectivity index (χ0v) is 6.66. The van der Waals surface area contributed by atoms with Crippen LogP contribution in [0.15, 0.2) is 12.2 Å². The Morgan fingerprint density at radius 3 is 2.58 bits per heavy atom. The predicted molar refractivity (Wildman–Crippen MR) is 38.5 cm³/mol. The lowest BCUT2D eigenvalue weighted by Crippen LogP contribution is -2.26. The van der Waals surface area contributed by atoms with Crippen molar-refractivity contribution in [2.75, 3.05) is 0 Å². The van der Waals surface area contributed by atoms with Crippen LogP contribution in [0.3, 0.4) is 0 Å². The first kappa shape index (κ1) is 9.58. The molecule has 1 nitrogen and oxygen atoms in total. The second-order valence-electron chi connectivity index (χ2n) is 3.03. The van der Waals surface area contributed by atoms with E-state index in [1.165, 1.54) is 0 Å². The standard InChI is InChI=1S/C8H11F3O/c1-6-3-2-4-7(5-6)12-8(9,10)11/h7H,1-5H2. The van der Waals surface area contributed by atoms with Gasteiger partial charge in [-0.3, -0.25) is 4.74 Å². The third-order valence-corrected chi connectivity index (χ3v) is 1.87. The van der Waals surface area contributed by atoms with E-state index in [1.54, 1.807) is 0 Å². The molecule has 4 heteroatoms. The van der Waals surface area contributed by atoms with E-state index in [0.29, 0.717) is 12.8 Å². The number of alkyl halides is 3. The topological polar surface area (TPSA) is 9.23 Å². The first-order valence-electron chi connectivity index (χ1n) is 3.88. The smallest absolute Gasteiger partial charge is 0.288 e. The molecule has 1 saturated carbocycles. The highest BCUT2D eigenvalue weighted by atomic mass is 19.4. The van der Waals surface area contributed by atoms with Crippen LogP contribution in [0.2, 0.25) is 0 Å². The van der Waals surface area contributed by atoms with E-state index in [1.807, 2.05) is 0 Å². The summed E-state index contributed by atoms with van der Waals surface area (Å²) >= 11 is 0. The Balaban J connectivity index is 2.37. The van der Waals surface area contributed by atoms with E-state index in [-0.39, 0.29) is 0 Å². The Bertz CT molecular complexity index is 174. The molecular weight excluding hydrogens is 169 g/mol. The van der Waals surface area contributed by atoms with Crippen LogP contribution in [0, 0.1) is 0 Å². The largest absolute Gasteiger partial charge is 0.522 e. The average Bonchev–Trinajstić information content (AvgIpc) is 1.82. The summed E-state index contributed by atoms with van der Waals surface area (Å²) in [5.74, 6) is 0. The molecule has 0 spiro atoms. The van der Waals surface area contributed by atoms with Crippen LogP contribution in [0.5, 0.6) is 0 Å². The number of ether oxygens (including phenoxy) is 1. The SMILES string of the molecule is C=C1CCCC(OC(F)(F)F)C1. The Labute approximate surface area is 69.2 Å². The molecule has 1 fully saturated rings. The number of rotatable bonds is 1. The maximum absolute atomic E-state index is 11.7. The van der Waals surface area contributed by atoms with Crippen molar-refractivity contribution in [3.05, 3.63) is 12.2 Å². The molecule has 0 saturated heterocycles.